The van der Waals surface area contributed by atoms with Crippen LogP contribution in [0.4, 0.5) is 4.79 Å². The minimum absolute atomic E-state index is 0.121. The molecule has 0 atom stereocenters. The molecule has 0 bridgehead atoms. The second-order valence-electron chi connectivity index (χ2n) is 3.10. The Bertz CT molecular complexity index is 161. The van der Waals surface area contributed by atoms with E-state index in [2.05, 4.69) is 4.74 Å². The first-order valence-electron chi connectivity index (χ1n) is 3.54. The van der Waals surface area contributed by atoms with Crippen molar-refractivity contribution in [3.05, 3.63) is 12.2 Å². The van der Waals surface area contributed by atoms with Gasteiger partial charge >= 0.3 is 6.09 Å². The highest BCUT2D eigenvalue weighted by atomic mass is 16.5. The maximum atomic E-state index is 10.2. The van der Waals surface area contributed by atoms with Crippen LogP contribution in [0.2, 0.25) is 0 Å². The summed E-state index contributed by atoms with van der Waals surface area (Å²) in [5.41, 5.74) is 4.69. The monoisotopic (exact) mass is 157 g/mol. The lowest BCUT2D eigenvalue weighted by Crippen LogP contribution is -2.22. The van der Waals surface area contributed by atoms with Crippen LogP contribution >= 0.6 is 0 Å². The highest BCUT2D eigenvalue weighted by molar-refractivity contribution is 5.64. The summed E-state index contributed by atoms with van der Waals surface area (Å²) < 4.78 is 4.65. The van der Waals surface area contributed by atoms with Crippen LogP contribution in [0.1, 0.15) is 20.8 Å². The Morgan fingerprint density at radius 1 is 1.64 bits per heavy atom. The van der Waals surface area contributed by atoms with Crippen molar-refractivity contribution in [2.24, 2.45) is 11.1 Å². The second kappa shape index (κ2) is 4.01. The van der Waals surface area contributed by atoms with E-state index in [9.17, 15) is 4.79 Å². The number of ether oxygens (including phenoxy) is 1. The third-order valence-corrected chi connectivity index (χ3v) is 1.20. The van der Waals surface area contributed by atoms with Crippen molar-refractivity contribution in [3.8, 4) is 0 Å². The number of hydrogen-bond donors (Lipinski definition) is 1. The standard InChI is InChI=1S/C8H15NO2/c1-4-5-8(2,3)6-11-7(9)10/h4-5H,6H2,1-3H3,(H2,9,10)/b5-4+. The van der Waals surface area contributed by atoms with E-state index in [0.29, 0.717) is 6.61 Å². The Hall–Kier alpha value is -0.990. The first-order chi connectivity index (χ1) is 4.98. The van der Waals surface area contributed by atoms with Crippen molar-refractivity contribution in [2.75, 3.05) is 6.61 Å². The fourth-order valence-electron chi connectivity index (χ4n) is 0.756. The molecule has 3 nitrogen and oxygen atoms in total. The molecular formula is C8H15NO2. The average molecular weight is 157 g/mol. The Labute approximate surface area is 67.2 Å². The van der Waals surface area contributed by atoms with Gasteiger partial charge in [-0.1, -0.05) is 26.0 Å². The van der Waals surface area contributed by atoms with E-state index in [-0.39, 0.29) is 5.41 Å². The molecule has 64 valence electrons. The van der Waals surface area contributed by atoms with Crippen LogP contribution in [0.25, 0.3) is 0 Å². The zero-order valence-electron chi connectivity index (χ0n) is 7.26. The van der Waals surface area contributed by atoms with Gasteiger partial charge in [0.2, 0.25) is 0 Å². The maximum absolute atomic E-state index is 10.2. The molecule has 0 aromatic heterocycles. The van der Waals surface area contributed by atoms with Crippen molar-refractivity contribution in [3.63, 3.8) is 0 Å². The molecule has 0 aliphatic rings. The molecule has 11 heavy (non-hydrogen) atoms. The number of carbonyl (C=O) groups is 1. The number of primary amides is 1. The van der Waals surface area contributed by atoms with E-state index in [1.807, 2.05) is 32.9 Å². The minimum atomic E-state index is -0.720. The van der Waals surface area contributed by atoms with Crippen LogP contribution in [0.15, 0.2) is 12.2 Å². The molecular weight excluding hydrogens is 142 g/mol. The van der Waals surface area contributed by atoms with E-state index in [0.717, 1.165) is 0 Å². The molecule has 0 rings (SSSR count). The van der Waals surface area contributed by atoms with Crippen molar-refractivity contribution >= 4 is 6.09 Å². The zero-order valence-corrected chi connectivity index (χ0v) is 7.26. The van der Waals surface area contributed by atoms with Gasteiger partial charge in [0.05, 0.1) is 0 Å². The van der Waals surface area contributed by atoms with Gasteiger partial charge in [-0.15, -0.1) is 0 Å². The van der Waals surface area contributed by atoms with Crippen molar-refractivity contribution in [2.45, 2.75) is 20.8 Å². The van der Waals surface area contributed by atoms with Crippen LogP contribution in [0.3, 0.4) is 0 Å². The summed E-state index contributed by atoms with van der Waals surface area (Å²) in [5, 5.41) is 0. The first kappa shape index (κ1) is 10.0. The molecule has 0 aromatic carbocycles. The summed E-state index contributed by atoms with van der Waals surface area (Å²) >= 11 is 0. The van der Waals surface area contributed by atoms with Gasteiger partial charge in [-0.2, -0.15) is 0 Å². The van der Waals surface area contributed by atoms with Gasteiger partial charge in [0.15, 0.2) is 0 Å². The predicted octanol–water partition coefficient (Wildman–Crippen LogP) is 1.68. The van der Waals surface area contributed by atoms with Crippen LogP contribution in [0, 0.1) is 5.41 Å². The van der Waals surface area contributed by atoms with Crippen LogP contribution in [-0.4, -0.2) is 12.7 Å². The van der Waals surface area contributed by atoms with E-state index < -0.39 is 6.09 Å². The summed E-state index contributed by atoms with van der Waals surface area (Å²) in [7, 11) is 0. The van der Waals surface area contributed by atoms with Gasteiger partial charge in [0, 0.05) is 5.41 Å². The molecule has 0 radical (unpaired) electrons. The second-order valence-corrected chi connectivity index (χ2v) is 3.10. The molecule has 0 aromatic rings. The first-order valence-corrected chi connectivity index (χ1v) is 3.54. The topological polar surface area (TPSA) is 52.3 Å². The third kappa shape index (κ3) is 5.45. The molecule has 2 N–H and O–H groups in total. The Kier molecular flexibility index (Phi) is 3.65. The number of allylic oxidation sites excluding steroid dienone is 1. The molecule has 3 heteroatoms. The maximum Gasteiger partial charge on any atom is 0.404 e. The minimum Gasteiger partial charge on any atom is -0.449 e. The van der Waals surface area contributed by atoms with Crippen LogP contribution < -0.4 is 5.73 Å². The molecule has 0 aliphatic carbocycles. The average Bonchev–Trinajstić information content (AvgIpc) is 1.84. The van der Waals surface area contributed by atoms with Crippen molar-refractivity contribution in [1.29, 1.82) is 0 Å². The molecule has 0 fully saturated rings. The van der Waals surface area contributed by atoms with Crippen LogP contribution in [-0.2, 0) is 4.74 Å². The fraction of sp³-hybridized carbons (Fsp3) is 0.625. The molecule has 0 spiro atoms. The van der Waals surface area contributed by atoms with Crippen molar-refractivity contribution < 1.29 is 9.53 Å². The summed E-state index contributed by atoms with van der Waals surface area (Å²) in [6, 6.07) is 0. The van der Waals surface area contributed by atoms with E-state index in [4.69, 9.17) is 5.73 Å². The molecule has 0 aliphatic heterocycles. The molecule has 0 unspecified atom stereocenters. The Morgan fingerprint density at radius 2 is 2.18 bits per heavy atom. The SMILES string of the molecule is C/C=C/C(C)(C)COC(N)=O. The number of nitrogens with two attached hydrogens (primary N) is 1. The number of rotatable bonds is 3. The number of amides is 1. The predicted molar refractivity (Wildman–Crippen MR) is 44.1 cm³/mol. The quantitative estimate of drug-likeness (QED) is 0.634. The summed E-state index contributed by atoms with van der Waals surface area (Å²) in [5.74, 6) is 0. The summed E-state index contributed by atoms with van der Waals surface area (Å²) in [6.07, 6.45) is 3.17. The lowest BCUT2D eigenvalue weighted by atomic mass is 9.94. The van der Waals surface area contributed by atoms with Crippen LogP contribution in [0.5, 0.6) is 0 Å². The van der Waals surface area contributed by atoms with Crippen molar-refractivity contribution in [1.82, 2.24) is 0 Å². The Morgan fingerprint density at radius 3 is 2.55 bits per heavy atom. The summed E-state index contributed by atoms with van der Waals surface area (Å²) in [4.78, 5) is 10.2. The highest BCUT2D eigenvalue weighted by Gasteiger charge is 2.14. The molecule has 0 saturated carbocycles. The van der Waals surface area contributed by atoms with Gasteiger partial charge in [-0.25, -0.2) is 4.79 Å². The highest BCUT2D eigenvalue weighted by Crippen LogP contribution is 2.16. The molecule has 0 heterocycles. The van der Waals surface area contributed by atoms with E-state index in [1.165, 1.54) is 0 Å². The molecule has 1 amide bonds. The smallest absolute Gasteiger partial charge is 0.404 e. The van der Waals surface area contributed by atoms with Gasteiger partial charge in [0.25, 0.3) is 0 Å². The third-order valence-electron chi connectivity index (χ3n) is 1.20. The lowest BCUT2D eigenvalue weighted by Gasteiger charge is -2.18. The number of carbonyl (C=O) groups excluding carboxylic acids is 1. The summed E-state index contributed by atoms with van der Waals surface area (Å²) in [6.45, 7) is 6.19. The van der Waals surface area contributed by atoms with E-state index in [1.54, 1.807) is 0 Å². The van der Waals surface area contributed by atoms with Gasteiger partial charge in [-0.3, -0.25) is 0 Å². The van der Waals surface area contributed by atoms with Gasteiger partial charge in [0.1, 0.15) is 6.61 Å². The largest absolute Gasteiger partial charge is 0.449 e. The normalized spacial score (nSPS) is 11.9. The lowest BCUT2D eigenvalue weighted by molar-refractivity contribution is 0.125. The van der Waals surface area contributed by atoms with E-state index >= 15 is 0 Å². The molecule has 0 saturated heterocycles. The fourth-order valence-corrected chi connectivity index (χ4v) is 0.756. The Balaban J connectivity index is 3.82. The van der Waals surface area contributed by atoms with Gasteiger partial charge < -0.3 is 10.5 Å². The van der Waals surface area contributed by atoms with Gasteiger partial charge in [-0.05, 0) is 6.92 Å². The zero-order chi connectivity index (χ0) is 8.91. The number of hydrogen-bond acceptors (Lipinski definition) is 2.